The molecule has 6 heteroatoms. The average Bonchev–Trinajstić information content (AvgIpc) is 3.37. The molecule has 3 heterocycles. The van der Waals surface area contributed by atoms with Crippen molar-refractivity contribution in [2.24, 2.45) is 0 Å². The number of hydrogen-bond donors (Lipinski definition) is 2. The smallest absolute Gasteiger partial charge is 0.170 e. The third-order valence-electron chi connectivity index (χ3n) is 5.55. The third-order valence-corrected chi connectivity index (χ3v) is 5.90. The number of nitrogens with one attached hydrogen (secondary N) is 2. The number of hydrogen-bond acceptors (Lipinski definition) is 3. The number of rotatable bonds is 8. The van der Waals surface area contributed by atoms with Crippen molar-refractivity contribution in [3.63, 3.8) is 0 Å². The van der Waals surface area contributed by atoms with Crippen LogP contribution in [-0.4, -0.2) is 32.7 Å². The van der Waals surface area contributed by atoms with Gasteiger partial charge in [0.25, 0.3) is 0 Å². The molecule has 0 spiro atoms. The highest BCUT2D eigenvalue weighted by Crippen LogP contribution is 2.38. The average molecular weight is 420 g/mol. The van der Waals surface area contributed by atoms with Gasteiger partial charge in [0.15, 0.2) is 5.11 Å². The molecule has 0 radical (unpaired) electrons. The first-order valence-electron chi connectivity index (χ1n) is 10.6. The third kappa shape index (κ3) is 4.49. The first-order valence-corrected chi connectivity index (χ1v) is 11.0. The van der Waals surface area contributed by atoms with E-state index in [0.717, 1.165) is 36.0 Å². The highest BCUT2D eigenvalue weighted by molar-refractivity contribution is 7.80. The van der Waals surface area contributed by atoms with E-state index in [2.05, 4.69) is 87.7 Å². The molecule has 0 amide bonds. The quantitative estimate of drug-likeness (QED) is 0.400. The van der Waals surface area contributed by atoms with Crippen LogP contribution in [0.2, 0.25) is 0 Å². The van der Waals surface area contributed by atoms with Crippen LogP contribution in [0.4, 0.5) is 5.69 Å². The van der Waals surface area contributed by atoms with Crippen molar-refractivity contribution in [2.75, 3.05) is 18.4 Å². The highest BCUT2D eigenvalue weighted by Gasteiger charge is 2.39. The molecule has 2 unspecified atom stereocenters. The normalized spacial score (nSPS) is 18.6. The molecule has 5 nitrogen and oxygen atoms in total. The molecule has 1 saturated heterocycles. The molecule has 2 atom stereocenters. The number of thiocarbonyl (C=S) groups is 1. The summed E-state index contributed by atoms with van der Waals surface area (Å²) in [6.45, 7) is 6.18. The van der Waals surface area contributed by atoms with Gasteiger partial charge in [-0.05, 0) is 68.4 Å². The second-order valence-electron chi connectivity index (χ2n) is 7.95. The van der Waals surface area contributed by atoms with Gasteiger partial charge in [-0.3, -0.25) is 4.98 Å². The standard InChI is InChI=1S/C24H29N5S/c1-18(2)28-16-12-19(17-28)23-22(21-11-6-7-13-26-21)27-24(30)29(23)15-8-14-25-20-9-4-3-5-10-20/h3-7,9-13,16-18,22-23,25H,8,14-15H2,1-2H3,(H,27,30). The Labute approximate surface area is 184 Å². The van der Waals surface area contributed by atoms with E-state index < -0.39 is 0 Å². The summed E-state index contributed by atoms with van der Waals surface area (Å²) in [7, 11) is 0. The Morgan fingerprint density at radius 3 is 2.60 bits per heavy atom. The molecule has 0 aliphatic carbocycles. The Hall–Kier alpha value is -2.86. The van der Waals surface area contributed by atoms with Crippen LogP contribution in [0.5, 0.6) is 0 Å². The molecule has 3 aromatic rings. The molecule has 2 aromatic heterocycles. The number of nitrogens with zero attached hydrogens (tertiary/aromatic N) is 3. The number of pyridine rings is 1. The van der Waals surface area contributed by atoms with Gasteiger partial charge in [-0.2, -0.15) is 0 Å². The predicted octanol–water partition coefficient (Wildman–Crippen LogP) is 4.94. The number of anilines is 1. The van der Waals surface area contributed by atoms with Gasteiger partial charge in [-0.15, -0.1) is 0 Å². The zero-order valence-electron chi connectivity index (χ0n) is 17.5. The number of benzene rings is 1. The maximum absolute atomic E-state index is 5.76. The van der Waals surface area contributed by atoms with Crippen molar-refractivity contribution < 1.29 is 0 Å². The van der Waals surface area contributed by atoms with E-state index in [9.17, 15) is 0 Å². The van der Waals surface area contributed by atoms with Gasteiger partial charge in [0.2, 0.25) is 0 Å². The monoisotopic (exact) mass is 419 g/mol. The van der Waals surface area contributed by atoms with Crippen molar-refractivity contribution in [1.82, 2.24) is 19.8 Å². The van der Waals surface area contributed by atoms with E-state index in [-0.39, 0.29) is 12.1 Å². The maximum Gasteiger partial charge on any atom is 0.170 e. The lowest BCUT2D eigenvalue weighted by Gasteiger charge is -2.27. The number of aromatic nitrogens is 2. The van der Waals surface area contributed by atoms with E-state index >= 15 is 0 Å². The lowest BCUT2D eigenvalue weighted by molar-refractivity contribution is 0.316. The van der Waals surface area contributed by atoms with Gasteiger partial charge >= 0.3 is 0 Å². The van der Waals surface area contributed by atoms with E-state index in [1.165, 1.54) is 5.56 Å². The van der Waals surface area contributed by atoms with Crippen LogP contribution in [0.3, 0.4) is 0 Å². The summed E-state index contributed by atoms with van der Waals surface area (Å²) in [6.07, 6.45) is 7.25. The molecule has 0 saturated carbocycles. The lowest BCUT2D eigenvalue weighted by Crippen LogP contribution is -2.31. The fourth-order valence-electron chi connectivity index (χ4n) is 3.97. The van der Waals surface area contributed by atoms with Crippen LogP contribution in [0, 0.1) is 0 Å². The van der Waals surface area contributed by atoms with Crippen LogP contribution in [0.25, 0.3) is 0 Å². The summed E-state index contributed by atoms with van der Waals surface area (Å²) in [5.41, 5.74) is 3.44. The summed E-state index contributed by atoms with van der Waals surface area (Å²) in [5, 5.41) is 7.82. The van der Waals surface area contributed by atoms with Gasteiger partial charge in [-0.25, -0.2) is 0 Å². The van der Waals surface area contributed by atoms with E-state index in [0.29, 0.717) is 6.04 Å². The van der Waals surface area contributed by atoms with Gasteiger partial charge in [-0.1, -0.05) is 24.3 Å². The number of para-hydroxylation sites is 1. The lowest BCUT2D eigenvalue weighted by atomic mass is 9.99. The molecule has 1 fully saturated rings. The minimum absolute atomic E-state index is 0.0452. The Balaban J connectivity index is 1.51. The summed E-state index contributed by atoms with van der Waals surface area (Å²) >= 11 is 5.76. The van der Waals surface area contributed by atoms with Gasteiger partial charge in [0.1, 0.15) is 0 Å². The van der Waals surface area contributed by atoms with Gasteiger partial charge in [0.05, 0.1) is 17.8 Å². The fraction of sp³-hybridized carbons (Fsp3) is 0.333. The second kappa shape index (κ2) is 9.30. The molecule has 1 aliphatic heterocycles. The fourth-order valence-corrected chi connectivity index (χ4v) is 4.31. The molecular formula is C24H29N5S. The second-order valence-corrected chi connectivity index (χ2v) is 8.34. The largest absolute Gasteiger partial charge is 0.385 e. The summed E-state index contributed by atoms with van der Waals surface area (Å²) in [4.78, 5) is 6.94. The Morgan fingerprint density at radius 1 is 1.10 bits per heavy atom. The molecule has 2 N–H and O–H groups in total. The van der Waals surface area contributed by atoms with E-state index in [1.54, 1.807) is 0 Å². The molecule has 4 rings (SSSR count). The van der Waals surface area contributed by atoms with Crippen molar-refractivity contribution in [1.29, 1.82) is 0 Å². The van der Waals surface area contributed by atoms with Gasteiger partial charge in [0, 0.05) is 43.4 Å². The van der Waals surface area contributed by atoms with E-state index in [4.69, 9.17) is 12.2 Å². The Kier molecular flexibility index (Phi) is 6.33. The van der Waals surface area contributed by atoms with Crippen LogP contribution in [0.1, 0.15) is 49.7 Å². The van der Waals surface area contributed by atoms with Crippen LogP contribution < -0.4 is 10.6 Å². The molecular weight excluding hydrogens is 390 g/mol. The van der Waals surface area contributed by atoms with Gasteiger partial charge < -0.3 is 20.1 Å². The first kappa shape index (κ1) is 20.4. The topological polar surface area (TPSA) is 45.1 Å². The molecule has 30 heavy (non-hydrogen) atoms. The minimum atomic E-state index is 0.0452. The van der Waals surface area contributed by atoms with Crippen molar-refractivity contribution in [2.45, 2.75) is 38.4 Å². The first-order chi connectivity index (χ1) is 14.6. The maximum atomic E-state index is 5.76. The highest BCUT2D eigenvalue weighted by atomic mass is 32.1. The zero-order chi connectivity index (χ0) is 20.9. The summed E-state index contributed by atoms with van der Waals surface area (Å²) in [6, 6.07) is 19.2. The minimum Gasteiger partial charge on any atom is -0.385 e. The molecule has 0 bridgehead atoms. The van der Waals surface area contributed by atoms with E-state index in [1.807, 2.05) is 24.4 Å². The SMILES string of the molecule is CC(C)n1ccc(C2C(c3ccccn3)NC(=S)N2CCCNc2ccccc2)c1. The molecule has 1 aromatic carbocycles. The van der Waals surface area contributed by atoms with Crippen LogP contribution in [0.15, 0.2) is 73.2 Å². The van der Waals surface area contributed by atoms with Crippen molar-refractivity contribution in [3.8, 4) is 0 Å². The predicted molar refractivity (Wildman–Crippen MR) is 127 cm³/mol. The Bertz CT molecular complexity index is 954. The summed E-state index contributed by atoms with van der Waals surface area (Å²) < 4.78 is 2.25. The van der Waals surface area contributed by atoms with Crippen molar-refractivity contribution >= 4 is 23.0 Å². The van der Waals surface area contributed by atoms with Crippen LogP contribution >= 0.6 is 12.2 Å². The van der Waals surface area contributed by atoms with Crippen LogP contribution in [-0.2, 0) is 0 Å². The zero-order valence-corrected chi connectivity index (χ0v) is 18.3. The Morgan fingerprint density at radius 2 is 1.90 bits per heavy atom. The van der Waals surface area contributed by atoms with Crippen molar-refractivity contribution in [3.05, 3.63) is 84.4 Å². The molecule has 156 valence electrons. The molecule has 1 aliphatic rings. The summed E-state index contributed by atoms with van der Waals surface area (Å²) in [5.74, 6) is 0.